The number of benzene rings is 1. The molecule has 0 saturated carbocycles. The van der Waals surface area contributed by atoms with Gasteiger partial charge in [-0.3, -0.25) is 10.1 Å². The molecular weight excluding hydrogens is 428 g/mol. The number of nitro benzene ring substituents is 1. The molecule has 2 aliphatic rings. The molecule has 1 N–H and O–H groups in total. The van der Waals surface area contributed by atoms with Gasteiger partial charge in [-0.1, -0.05) is 13.8 Å². The Labute approximate surface area is 189 Å². The first-order valence-corrected chi connectivity index (χ1v) is 11.6. The maximum Gasteiger partial charge on any atom is 0.269 e. The molecule has 2 aromatic heterocycles. The topological polar surface area (TPSA) is 106 Å². The molecule has 0 aliphatic carbocycles. The van der Waals surface area contributed by atoms with Crippen molar-refractivity contribution in [3.8, 4) is 11.1 Å². The lowest BCUT2D eigenvalue weighted by Crippen LogP contribution is -2.54. The van der Waals surface area contributed by atoms with Crippen LogP contribution in [0.5, 0.6) is 0 Å². The van der Waals surface area contributed by atoms with Crippen LogP contribution in [0, 0.1) is 22.0 Å². The van der Waals surface area contributed by atoms with E-state index in [0.717, 1.165) is 53.1 Å². The molecule has 166 valence electrons. The minimum absolute atomic E-state index is 0.0807. The molecule has 3 aromatic rings. The van der Waals surface area contributed by atoms with E-state index in [1.165, 1.54) is 18.5 Å². The molecule has 5 rings (SSSR count). The maximum atomic E-state index is 11.0. The minimum Gasteiger partial charge on any atom is -0.394 e. The molecule has 4 heterocycles. The third-order valence-electron chi connectivity index (χ3n) is 6.56. The Kier molecular flexibility index (Phi) is 5.26. The summed E-state index contributed by atoms with van der Waals surface area (Å²) in [6.07, 6.45) is 5.10. The molecule has 9 nitrogen and oxygen atoms in total. The van der Waals surface area contributed by atoms with Gasteiger partial charge in [0, 0.05) is 42.1 Å². The van der Waals surface area contributed by atoms with Crippen LogP contribution in [0.15, 0.2) is 41.0 Å². The van der Waals surface area contributed by atoms with Crippen LogP contribution in [0.1, 0.15) is 26.7 Å². The van der Waals surface area contributed by atoms with E-state index in [2.05, 4.69) is 44.6 Å². The van der Waals surface area contributed by atoms with Gasteiger partial charge in [-0.2, -0.15) is 0 Å². The summed E-state index contributed by atoms with van der Waals surface area (Å²) in [6, 6.07) is 6.60. The molecule has 1 saturated heterocycles. The number of nitro groups is 1. The van der Waals surface area contributed by atoms with Crippen molar-refractivity contribution >= 4 is 39.5 Å². The number of anilines is 1. The van der Waals surface area contributed by atoms with Crippen molar-refractivity contribution in [1.82, 2.24) is 15.4 Å². The summed E-state index contributed by atoms with van der Waals surface area (Å²) >= 11 is 1.61. The molecule has 1 unspecified atom stereocenters. The third-order valence-corrected chi connectivity index (χ3v) is 7.53. The fraction of sp³-hybridized carbons (Fsp3) is 0.409. The summed E-state index contributed by atoms with van der Waals surface area (Å²) < 4.78 is 1.04. The lowest BCUT2D eigenvalue weighted by atomic mass is 9.78. The van der Waals surface area contributed by atoms with Crippen LogP contribution in [-0.2, 0) is 4.84 Å². The highest BCUT2D eigenvalue weighted by molar-refractivity contribution is 7.18. The van der Waals surface area contributed by atoms with Crippen molar-refractivity contribution in [2.75, 3.05) is 18.0 Å². The largest absolute Gasteiger partial charge is 0.394 e. The number of piperidine rings is 1. The van der Waals surface area contributed by atoms with E-state index in [0.29, 0.717) is 11.8 Å². The Hall–Kier alpha value is -3.11. The fourth-order valence-corrected chi connectivity index (χ4v) is 5.80. The molecule has 10 heteroatoms. The number of aromatic nitrogens is 2. The van der Waals surface area contributed by atoms with Gasteiger partial charge in [0.1, 0.15) is 12.1 Å². The van der Waals surface area contributed by atoms with E-state index in [1.54, 1.807) is 29.8 Å². The lowest BCUT2D eigenvalue weighted by molar-refractivity contribution is -0.384. The zero-order chi connectivity index (χ0) is 22.3. The highest BCUT2D eigenvalue weighted by Gasteiger charge is 2.45. The Morgan fingerprint density at radius 1 is 1.25 bits per heavy atom. The molecule has 2 aliphatic heterocycles. The molecule has 1 atom stereocenters. The highest BCUT2D eigenvalue weighted by atomic mass is 32.1. The van der Waals surface area contributed by atoms with E-state index in [-0.39, 0.29) is 16.3 Å². The molecule has 1 aromatic carbocycles. The standard InChI is InChI=1S/C22H24N6O3S/c1-14(2)22(25-13-31-26-22)16-7-9-27(10-8-16)21-20-19(23-12-24-21)18(11-32-20)15-3-5-17(6-4-15)28(29)30/h3-6,11-14,16,26H,7-10H2,1-2H3. The molecular formula is C22H24N6O3S. The molecule has 0 bridgehead atoms. The van der Waals surface area contributed by atoms with Crippen molar-refractivity contribution in [1.29, 1.82) is 0 Å². The van der Waals surface area contributed by atoms with Crippen molar-refractivity contribution in [2.45, 2.75) is 32.4 Å². The number of hydrogen-bond acceptors (Lipinski definition) is 9. The highest BCUT2D eigenvalue weighted by Crippen LogP contribution is 2.41. The summed E-state index contributed by atoms with van der Waals surface area (Å²) in [5.74, 6) is 1.66. The molecule has 0 amide bonds. The zero-order valence-corrected chi connectivity index (χ0v) is 18.7. The van der Waals surface area contributed by atoms with E-state index < -0.39 is 0 Å². The van der Waals surface area contributed by atoms with Crippen LogP contribution in [0.25, 0.3) is 21.3 Å². The van der Waals surface area contributed by atoms with Crippen LogP contribution < -0.4 is 10.4 Å². The summed E-state index contributed by atoms with van der Waals surface area (Å²) in [7, 11) is 0. The fourth-order valence-electron chi connectivity index (χ4n) is 4.75. The Morgan fingerprint density at radius 3 is 2.62 bits per heavy atom. The van der Waals surface area contributed by atoms with Crippen molar-refractivity contribution in [2.24, 2.45) is 16.8 Å². The maximum absolute atomic E-state index is 11.0. The number of nitrogens with zero attached hydrogens (tertiary/aromatic N) is 5. The number of rotatable bonds is 5. The van der Waals surface area contributed by atoms with E-state index in [9.17, 15) is 10.1 Å². The first-order valence-electron chi connectivity index (χ1n) is 10.7. The number of non-ortho nitro benzene ring substituents is 1. The number of fused-ring (bicyclic) bond motifs is 1. The minimum atomic E-state index is -0.388. The van der Waals surface area contributed by atoms with Gasteiger partial charge in [-0.25, -0.2) is 15.0 Å². The number of hydroxylamine groups is 1. The Balaban J connectivity index is 1.39. The Bertz CT molecular complexity index is 1170. The third kappa shape index (κ3) is 3.39. The number of hydrogen-bond donors (Lipinski definition) is 1. The summed E-state index contributed by atoms with van der Waals surface area (Å²) in [5, 5.41) is 13.0. The second-order valence-corrected chi connectivity index (χ2v) is 9.40. The van der Waals surface area contributed by atoms with Crippen molar-refractivity contribution < 1.29 is 9.76 Å². The average Bonchev–Trinajstić information content (AvgIpc) is 3.47. The predicted molar refractivity (Wildman–Crippen MR) is 125 cm³/mol. The second-order valence-electron chi connectivity index (χ2n) is 8.52. The van der Waals surface area contributed by atoms with Gasteiger partial charge in [-0.15, -0.1) is 16.8 Å². The number of thiophene rings is 1. The quantitative estimate of drug-likeness (QED) is 0.452. The summed E-state index contributed by atoms with van der Waals surface area (Å²) in [6.45, 7) is 6.11. The van der Waals surface area contributed by atoms with Crippen LogP contribution >= 0.6 is 11.3 Å². The van der Waals surface area contributed by atoms with Gasteiger partial charge in [-0.05, 0) is 36.5 Å². The van der Waals surface area contributed by atoms with Gasteiger partial charge in [0.25, 0.3) is 5.69 Å². The first-order chi connectivity index (χ1) is 15.5. The Morgan fingerprint density at radius 2 is 2.00 bits per heavy atom. The summed E-state index contributed by atoms with van der Waals surface area (Å²) in [4.78, 5) is 32.0. The van der Waals surface area contributed by atoms with E-state index >= 15 is 0 Å². The predicted octanol–water partition coefficient (Wildman–Crippen LogP) is 4.40. The molecule has 1 fully saturated rings. The first kappa shape index (κ1) is 20.8. The number of aliphatic imine (C=N–C) groups is 1. The summed E-state index contributed by atoms with van der Waals surface area (Å²) in [5.41, 5.74) is 5.63. The number of nitrogens with one attached hydrogen (secondary N) is 1. The average molecular weight is 453 g/mol. The van der Waals surface area contributed by atoms with Crippen LogP contribution in [0.2, 0.25) is 0 Å². The van der Waals surface area contributed by atoms with Crippen LogP contribution in [-0.4, -0.2) is 40.0 Å². The molecule has 0 radical (unpaired) electrons. The molecule has 32 heavy (non-hydrogen) atoms. The monoisotopic (exact) mass is 452 g/mol. The van der Waals surface area contributed by atoms with E-state index in [4.69, 9.17) is 4.84 Å². The lowest BCUT2D eigenvalue weighted by Gasteiger charge is -2.42. The normalized spacial score (nSPS) is 21.4. The van der Waals surface area contributed by atoms with Crippen LogP contribution in [0.3, 0.4) is 0 Å². The van der Waals surface area contributed by atoms with Gasteiger partial charge >= 0.3 is 0 Å². The van der Waals surface area contributed by atoms with Gasteiger partial charge in [0.05, 0.1) is 15.1 Å². The van der Waals surface area contributed by atoms with Gasteiger partial charge in [0.15, 0.2) is 12.1 Å². The SMILES string of the molecule is CC(C)C1(C2CCN(c3ncnc4c(-c5ccc([N+](=O)[O-])cc5)csc34)CC2)N=CON1. The van der Waals surface area contributed by atoms with Crippen molar-refractivity contribution in [3.63, 3.8) is 0 Å². The van der Waals surface area contributed by atoms with E-state index in [1.807, 2.05) is 0 Å². The molecule has 0 spiro atoms. The van der Waals surface area contributed by atoms with Crippen molar-refractivity contribution in [3.05, 3.63) is 46.1 Å². The zero-order valence-electron chi connectivity index (χ0n) is 17.9. The van der Waals surface area contributed by atoms with Crippen LogP contribution in [0.4, 0.5) is 11.5 Å². The second kappa shape index (κ2) is 8.10. The smallest absolute Gasteiger partial charge is 0.269 e. The van der Waals surface area contributed by atoms with Gasteiger partial charge in [0.2, 0.25) is 0 Å². The van der Waals surface area contributed by atoms with Gasteiger partial charge < -0.3 is 9.74 Å².